The van der Waals surface area contributed by atoms with Crippen LogP contribution in [0, 0.1) is 0 Å². The van der Waals surface area contributed by atoms with Crippen LogP contribution in [0.3, 0.4) is 0 Å². The number of carbonyl (C=O) groups is 1. The summed E-state index contributed by atoms with van der Waals surface area (Å²) in [6.07, 6.45) is 1.03. The minimum absolute atomic E-state index is 0.0188. The zero-order chi connectivity index (χ0) is 11.3. The van der Waals surface area contributed by atoms with E-state index in [0.717, 1.165) is 6.33 Å². The molecule has 0 bridgehead atoms. The molecule has 0 saturated carbocycles. The van der Waals surface area contributed by atoms with Gasteiger partial charge in [0.25, 0.3) is 0 Å². The number of aromatic amines is 1. The van der Waals surface area contributed by atoms with Crippen molar-refractivity contribution in [3.63, 3.8) is 0 Å². The molecule has 1 heterocycles. The monoisotopic (exact) mass is 234 g/mol. The van der Waals surface area contributed by atoms with Gasteiger partial charge < -0.3 is 5.11 Å². The van der Waals surface area contributed by atoms with Crippen LogP contribution in [0.1, 0.15) is 12.8 Å². The van der Waals surface area contributed by atoms with Gasteiger partial charge in [-0.3, -0.25) is 9.52 Å². The van der Waals surface area contributed by atoms with E-state index < -0.39 is 16.0 Å². The second-order valence-electron chi connectivity index (χ2n) is 2.75. The zero-order valence-electron chi connectivity index (χ0n) is 7.67. The Labute approximate surface area is 85.8 Å². The molecule has 0 aliphatic rings. The van der Waals surface area contributed by atoms with Crippen molar-refractivity contribution in [1.82, 2.24) is 15.2 Å². The Hall–Kier alpha value is -1.64. The minimum Gasteiger partial charge on any atom is -0.481 e. The summed E-state index contributed by atoms with van der Waals surface area (Å²) < 4.78 is 24.7. The quantitative estimate of drug-likeness (QED) is 0.604. The van der Waals surface area contributed by atoms with Gasteiger partial charge in [-0.2, -0.15) is 10.1 Å². The third-order valence-electron chi connectivity index (χ3n) is 1.47. The predicted molar refractivity (Wildman–Crippen MR) is 50.7 cm³/mol. The molecule has 3 N–H and O–H groups in total. The maximum absolute atomic E-state index is 11.3. The molecular formula is C6H10N4O4S. The number of carboxylic acid groups (broad SMARTS) is 1. The number of nitrogens with one attached hydrogen (secondary N) is 2. The van der Waals surface area contributed by atoms with Gasteiger partial charge in [0.2, 0.25) is 16.0 Å². The molecule has 9 heteroatoms. The highest BCUT2D eigenvalue weighted by molar-refractivity contribution is 7.92. The van der Waals surface area contributed by atoms with Crippen LogP contribution < -0.4 is 4.72 Å². The number of carboxylic acids is 1. The van der Waals surface area contributed by atoms with Gasteiger partial charge >= 0.3 is 5.97 Å². The van der Waals surface area contributed by atoms with Crippen LogP contribution in [0.25, 0.3) is 0 Å². The Morgan fingerprint density at radius 1 is 1.60 bits per heavy atom. The highest BCUT2D eigenvalue weighted by Gasteiger charge is 2.12. The topological polar surface area (TPSA) is 125 Å². The van der Waals surface area contributed by atoms with E-state index in [1.807, 2.05) is 0 Å². The fourth-order valence-electron chi connectivity index (χ4n) is 0.866. The van der Waals surface area contributed by atoms with E-state index >= 15 is 0 Å². The first-order chi connectivity index (χ1) is 6.99. The molecule has 15 heavy (non-hydrogen) atoms. The van der Waals surface area contributed by atoms with Gasteiger partial charge in [-0.25, -0.2) is 13.5 Å². The van der Waals surface area contributed by atoms with Gasteiger partial charge in [-0.15, -0.1) is 0 Å². The molecular weight excluding hydrogens is 224 g/mol. The fraction of sp³-hybridized carbons (Fsp3) is 0.500. The largest absolute Gasteiger partial charge is 0.481 e. The minimum atomic E-state index is -3.55. The van der Waals surface area contributed by atoms with Crippen LogP contribution in [-0.4, -0.2) is 40.4 Å². The van der Waals surface area contributed by atoms with Crippen LogP contribution in [-0.2, 0) is 14.8 Å². The van der Waals surface area contributed by atoms with Crippen molar-refractivity contribution in [2.75, 3.05) is 10.5 Å². The van der Waals surface area contributed by atoms with E-state index in [-0.39, 0.29) is 24.5 Å². The SMILES string of the molecule is O=C(O)CCCS(=O)(=O)Nc1ncn[nH]1. The van der Waals surface area contributed by atoms with Gasteiger partial charge in [0.1, 0.15) is 6.33 Å². The number of H-pyrrole nitrogens is 1. The Balaban J connectivity index is 2.43. The molecule has 0 aromatic carbocycles. The van der Waals surface area contributed by atoms with Crippen molar-refractivity contribution in [3.05, 3.63) is 6.33 Å². The van der Waals surface area contributed by atoms with Gasteiger partial charge in [-0.05, 0) is 6.42 Å². The molecule has 0 radical (unpaired) electrons. The third kappa shape index (κ3) is 4.40. The van der Waals surface area contributed by atoms with E-state index in [1.54, 1.807) is 0 Å². The Morgan fingerprint density at radius 2 is 2.33 bits per heavy atom. The molecule has 0 aliphatic heterocycles. The first-order valence-corrected chi connectivity index (χ1v) is 5.72. The first kappa shape index (κ1) is 11.4. The number of anilines is 1. The lowest BCUT2D eigenvalue weighted by Gasteiger charge is -2.02. The molecule has 1 aromatic heterocycles. The smallest absolute Gasteiger partial charge is 0.303 e. The molecule has 8 nitrogen and oxygen atoms in total. The molecule has 0 aliphatic carbocycles. The predicted octanol–water partition coefficient (Wildman–Crippen LogP) is -0.589. The Morgan fingerprint density at radius 3 is 2.87 bits per heavy atom. The summed E-state index contributed by atoms with van der Waals surface area (Å²) in [6, 6.07) is 0. The second kappa shape index (κ2) is 4.73. The van der Waals surface area contributed by atoms with E-state index in [2.05, 4.69) is 19.9 Å². The Bertz CT molecular complexity index is 412. The summed E-state index contributed by atoms with van der Waals surface area (Å²) in [5, 5.41) is 14.1. The summed E-state index contributed by atoms with van der Waals surface area (Å²) in [6.45, 7) is 0. The van der Waals surface area contributed by atoms with Crippen LogP contribution in [0.15, 0.2) is 6.33 Å². The molecule has 0 spiro atoms. The lowest BCUT2D eigenvalue weighted by atomic mass is 10.3. The maximum atomic E-state index is 11.3. The van der Waals surface area contributed by atoms with E-state index in [1.165, 1.54) is 0 Å². The lowest BCUT2D eigenvalue weighted by Crippen LogP contribution is -2.18. The number of rotatable bonds is 6. The third-order valence-corrected chi connectivity index (χ3v) is 2.80. The summed E-state index contributed by atoms with van der Waals surface area (Å²) in [4.78, 5) is 13.7. The molecule has 0 amide bonds. The van der Waals surface area contributed by atoms with Crippen LogP contribution in [0.2, 0.25) is 0 Å². The van der Waals surface area contributed by atoms with Crippen LogP contribution in [0.4, 0.5) is 5.95 Å². The van der Waals surface area contributed by atoms with E-state index in [9.17, 15) is 13.2 Å². The van der Waals surface area contributed by atoms with Gasteiger partial charge in [0.05, 0.1) is 5.75 Å². The van der Waals surface area contributed by atoms with Crippen molar-refractivity contribution in [2.45, 2.75) is 12.8 Å². The fourth-order valence-corrected chi connectivity index (χ4v) is 1.89. The first-order valence-electron chi connectivity index (χ1n) is 4.07. The van der Waals surface area contributed by atoms with Crippen molar-refractivity contribution in [1.29, 1.82) is 0 Å². The number of hydrogen-bond acceptors (Lipinski definition) is 5. The number of hydrogen-bond donors (Lipinski definition) is 3. The van der Waals surface area contributed by atoms with Crippen molar-refractivity contribution in [2.24, 2.45) is 0 Å². The molecule has 1 aromatic rings. The zero-order valence-corrected chi connectivity index (χ0v) is 8.49. The lowest BCUT2D eigenvalue weighted by molar-refractivity contribution is -0.137. The van der Waals surface area contributed by atoms with Gasteiger partial charge in [-0.1, -0.05) is 0 Å². The normalized spacial score (nSPS) is 11.2. The summed E-state index contributed by atoms with van der Waals surface area (Å²) in [7, 11) is -3.55. The number of aliphatic carboxylic acids is 1. The average Bonchev–Trinajstić information content (AvgIpc) is 2.54. The van der Waals surface area contributed by atoms with Gasteiger partial charge in [0, 0.05) is 6.42 Å². The summed E-state index contributed by atoms with van der Waals surface area (Å²) >= 11 is 0. The molecule has 1 rings (SSSR count). The second-order valence-corrected chi connectivity index (χ2v) is 4.59. The maximum Gasteiger partial charge on any atom is 0.303 e. The van der Waals surface area contributed by atoms with Crippen molar-refractivity contribution < 1.29 is 18.3 Å². The standard InChI is InChI=1S/C6H10N4O4S/c11-5(12)2-1-3-15(13,14)10-6-7-4-8-9-6/h4H,1-3H2,(H,11,12)(H2,7,8,9,10). The van der Waals surface area contributed by atoms with Crippen molar-refractivity contribution in [3.8, 4) is 0 Å². The molecule has 0 saturated heterocycles. The van der Waals surface area contributed by atoms with Gasteiger partial charge in [0.15, 0.2) is 0 Å². The molecule has 0 unspecified atom stereocenters. The molecule has 0 fully saturated rings. The average molecular weight is 234 g/mol. The number of nitrogens with zero attached hydrogens (tertiary/aromatic N) is 2. The molecule has 84 valence electrons. The van der Waals surface area contributed by atoms with E-state index in [4.69, 9.17) is 5.11 Å². The Kier molecular flexibility index (Phi) is 3.61. The number of sulfonamides is 1. The highest BCUT2D eigenvalue weighted by atomic mass is 32.2. The summed E-state index contributed by atoms with van der Waals surface area (Å²) in [5.41, 5.74) is 0. The number of aromatic nitrogens is 3. The summed E-state index contributed by atoms with van der Waals surface area (Å²) in [5.74, 6) is -1.27. The highest BCUT2D eigenvalue weighted by Crippen LogP contribution is 2.01. The van der Waals surface area contributed by atoms with Crippen LogP contribution >= 0.6 is 0 Å². The van der Waals surface area contributed by atoms with Crippen LogP contribution in [0.5, 0.6) is 0 Å². The van der Waals surface area contributed by atoms with Crippen molar-refractivity contribution >= 4 is 21.9 Å². The molecule has 0 atom stereocenters. The van der Waals surface area contributed by atoms with E-state index in [0.29, 0.717) is 0 Å².